The number of thiazole rings is 1. The molecule has 0 saturated heterocycles. The van der Waals surface area contributed by atoms with Crippen molar-refractivity contribution in [3.05, 3.63) is 50.7 Å². The topological polar surface area (TPSA) is 92.2 Å². The lowest BCUT2D eigenvalue weighted by atomic mass is 9.94. The van der Waals surface area contributed by atoms with Gasteiger partial charge in [-0.2, -0.15) is 0 Å². The van der Waals surface area contributed by atoms with Gasteiger partial charge in [0.15, 0.2) is 17.3 Å². The Morgan fingerprint density at radius 1 is 1.08 bits per heavy atom. The van der Waals surface area contributed by atoms with Gasteiger partial charge in [-0.1, -0.05) is 39.7 Å². The summed E-state index contributed by atoms with van der Waals surface area (Å²) in [6.45, 7) is 16.0. The van der Waals surface area contributed by atoms with E-state index in [1.807, 2.05) is 32.0 Å². The molecule has 0 aliphatic carbocycles. The van der Waals surface area contributed by atoms with E-state index in [0.29, 0.717) is 53.8 Å². The van der Waals surface area contributed by atoms with Gasteiger partial charge < -0.3 is 24.4 Å². The Bertz CT molecular complexity index is 1170. The maximum Gasteiger partial charge on any atom is 0.290 e. The average molecular weight is 558 g/mol. The summed E-state index contributed by atoms with van der Waals surface area (Å²) in [6.07, 6.45) is 3.85. The third-order valence-corrected chi connectivity index (χ3v) is 8.09. The number of rotatable bonds is 16. The third-order valence-electron chi connectivity index (χ3n) is 7.01. The van der Waals surface area contributed by atoms with Crippen LogP contribution in [0.3, 0.4) is 0 Å². The van der Waals surface area contributed by atoms with Crippen molar-refractivity contribution in [2.45, 2.75) is 73.3 Å². The number of ketones is 1. The second kappa shape index (κ2) is 14.5. The predicted molar refractivity (Wildman–Crippen MR) is 155 cm³/mol. The number of ether oxygens (including phenoxy) is 2. The number of aromatic nitrogens is 1. The molecule has 1 aromatic heterocycles. The maximum absolute atomic E-state index is 13.8. The van der Waals surface area contributed by atoms with Gasteiger partial charge in [-0.15, -0.1) is 11.3 Å². The number of unbranched alkanes of at least 4 members (excludes halogenated alkanes) is 2. The maximum atomic E-state index is 13.8. The smallest absolute Gasteiger partial charge is 0.290 e. The molecule has 1 aliphatic heterocycles. The van der Waals surface area contributed by atoms with Crippen molar-refractivity contribution in [3.63, 3.8) is 0 Å². The lowest BCUT2D eigenvalue weighted by Crippen LogP contribution is -2.34. The molecule has 0 radical (unpaired) electrons. The second-order valence-electron chi connectivity index (χ2n) is 9.72. The van der Waals surface area contributed by atoms with Crippen LogP contribution in [0, 0.1) is 13.8 Å². The molecule has 1 N–H and O–H groups in total. The number of hydrogen-bond donors (Lipinski definition) is 1. The Morgan fingerprint density at radius 3 is 2.44 bits per heavy atom. The van der Waals surface area contributed by atoms with Crippen LogP contribution in [0.15, 0.2) is 29.5 Å². The van der Waals surface area contributed by atoms with Crippen molar-refractivity contribution in [3.8, 4) is 11.5 Å². The molecule has 2 heterocycles. The summed E-state index contributed by atoms with van der Waals surface area (Å²) in [5, 5.41) is 11.8. The van der Waals surface area contributed by atoms with Gasteiger partial charge in [-0.3, -0.25) is 9.59 Å². The summed E-state index contributed by atoms with van der Waals surface area (Å²) in [6, 6.07) is 4.80. The quantitative estimate of drug-likeness (QED) is 0.199. The first-order valence-electron chi connectivity index (χ1n) is 14.1. The molecule has 39 heavy (non-hydrogen) atoms. The monoisotopic (exact) mass is 557 g/mol. The van der Waals surface area contributed by atoms with Crippen LogP contribution in [-0.2, 0) is 4.79 Å². The molecule has 1 unspecified atom stereocenters. The first kappa shape index (κ1) is 30.6. The minimum absolute atomic E-state index is 0.0913. The molecule has 0 spiro atoms. The summed E-state index contributed by atoms with van der Waals surface area (Å²) in [5.74, 6) is -0.192. The highest BCUT2D eigenvalue weighted by Gasteiger charge is 2.44. The van der Waals surface area contributed by atoms with Gasteiger partial charge in [0.05, 0.1) is 40.4 Å². The minimum atomic E-state index is -0.739. The number of amides is 1. The lowest BCUT2D eigenvalue weighted by molar-refractivity contribution is -0.129. The number of aliphatic hydroxyl groups excluding tert-OH is 1. The van der Waals surface area contributed by atoms with Crippen molar-refractivity contribution in [2.75, 3.05) is 39.4 Å². The first-order valence-corrected chi connectivity index (χ1v) is 14.9. The van der Waals surface area contributed by atoms with Gasteiger partial charge in [-0.05, 0) is 70.9 Å². The number of Topliss-reactive ketones (excluding diaryl/α,β-unsaturated/α-hetero) is 1. The van der Waals surface area contributed by atoms with Gasteiger partial charge in [0.25, 0.3) is 5.91 Å². The number of carbonyl (C=O) groups excluding carboxylic acids is 2. The normalized spacial score (nSPS) is 15.5. The van der Waals surface area contributed by atoms with Crippen LogP contribution in [-0.4, -0.2) is 71.0 Å². The van der Waals surface area contributed by atoms with E-state index in [1.165, 1.54) is 11.3 Å². The van der Waals surface area contributed by atoms with Crippen molar-refractivity contribution in [2.24, 2.45) is 0 Å². The van der Waals surface area contributed by atoms with E-state index in [1.54, 1.807) is 11.8 Å². The number of carbonyl (C=O) groups is 2. The van der Waals surface area contributed by atoms with Crippen molar-refractivity contribution >= 4 is 23.0 Å². The predicted octanol–water partition coefficient (Wildman–Crippen LogP) is 6.04. The molecule has 1 amide bonds. The van der Waals surface area contributed by atoms with E-state index >= 15 is 0 Å². The fourth-order valence-electron chi connectivity index (χ4n) is 4.95. The molecular formula is C30H43N3O5S. The van der Waals surface area contributed by atoms with Crippen LogP contribution in [0.2, 0.25) is 0 Å². The average Bonchev–Trinajstić information content (AvgIpc) is 3.39. The van der Waals surface area contributed by atoms with E-state index < -0.39 is 17.7 Å². The molecule has 3 rings (SSSR count). The molecule has 0 bridgehead atoms. The third kappa shape index (κ3) is 7.19. The zero-order chi connectivity index (χ0) is 28.5. The molecule has 214 valence electrons. The van der Waals surface area contributed by atoms with Crippen LogP contribution in [0.5, 0.6) is 11.5 Å². The number of hydrogen-bond acceptors (Lipinski definition) is 8. The molecule has 8 nitrogen and oxygen atoms in total. The van der Waals surface area contributed by atoms with Gasteiger partial charge in [-0.25, -0.2) is 4.98 Å². The summed E-state index contributed by atoms with van der Waals surface area (Å²) in [5.41, 5.74) is 1.38. The number of aliphatic hydroxyl groups is 1. The first-order chi connectivity index (χ1) is 18.8. The Kier molecular flexibility index (Phi) is 11.4. The summed E-state index contributed by atoms with van der Waals surface area (Å²) >= 11 is 1.28. The number of benzene rings is 1. The fraction of sp³-hybridized carbons (Fsp3) is 0.567. The standard InChI is InChI=1S/C30H43N3O5S/c1-7-11-12-18-38-23-15-14-22(19-24(23)37-10-4)26-25(27(34)29-20(5)31-21(6)39-29)28(35)30(36)33(26)17-13-16-32(8-2)9-3/h14-15,19,26,35H,7-13,16-18H2,1-6H3. The molecule has 2 aromatic rings. The Hall–Kier alpha value is -2.91. The van der Waals surface area contributed by atoms with Crippen molar-refractivity contribution < 1.29 is 24.2 Å². The highest BCUT2D eigenvalue weighted by molar-refractivity contribution is 7.14. The van der Waals surface area contributed by atoms with Gasteiger partial charge >= 0.3 is 0 Å². The minimum Gasteiger partial charge on any atom is -0.503 e. The Balaban J connectivity index is 2.01. The summed E-state index contributed by atoms with van der Waals surface area (Å²) < 4.78 is 11.9. The number of nitrogens with zero attached hydrogens (tertiary/aromatic N) is 3. The van der Waals surface area contributed by atoms with E-state index in [2.05, 4.69) is 30.7 Å². The molecule has 1 atom stereocenters. The van der Waals surface area contributed by atoms with Crippen LogP contribution in [0.1, 0.15) is 85.4 Å². The highest BCUT2D eigenvalue weighted by atomic mass is 32.1. The molecule has 9 heteroatoms. The summed E-state index contributed by atoms with van der Waals surface area (Å²) in [4.78, 5) is 36.0. The van der Waals surface area contributed by atoms with Gasteiger partial charge in [0, 0.05) is 6.54 Å². The van der Waals surface area contributed by atoms with Gasteiger partial charge in [0.1, 0.15) is 0 Å². The van der Waals surface area contributed by atoms with Crippen molar-refractivity contribution in [1.82, 2.24) is 14.8 Å². The SMILES string of the molecule is CCCCCOc1ccc(C2C(C(=O)c3sc(C)nc3C)=C(O)C(=O)N2CCCN(CC)CC)cc1OCC. The molecular weight excluding hydrogens is 514 g/mol. The van der Waals surface area contributed by atoms with E-state index in [4.69, 9.17) is 9.47 Å². The van der Waals surface area contributed by atoms with Gasteiger partial charge in [0.2, 0.25) is 5.78 Å². The summed E-state index contributed by atoms with van der Waals surface area (Å²) in [7, 11) is 0. The molecule has 0 fully saturated rings. The van der Waals surface area contributed by atoms with E-state index in [9.17, 15) is 14.7 Å². The largest absolute Gasteiger partial charge is 0.503 e. The Morgan fingerprint density at radius 2 is 1.82 bits per heavy atom. The van der Waals surface area contributed by atoms with Crippen LogP contribution >= 0.6 is 11.3 Å². The van der Waals surface area contributed by atoms with E-state index in [-0.39, 0.29) is 11.4 Å². The zero-order valence-corrected chi connectivity index (χ0v) is 25.0. The molecule has 1 aromatic carbocycles. The van der Waals surface area contributed by atoms with Crippen molar-refractivity contribution in [1.29, 1.82) is 0 Å². The van der Waals surface area contributed by atoms with Crippen LogP contribution in [0.4, 0.5) is 0 Å². The molecule has 1 aliphatic rings. The van der Waals surface area contributed by atoms with Crippen LogP contribution < -0.4 is 9.47 Å². The van der Waals surface area contributed by atoms with E-state index in [0.717, 1.165) is 43.9 Å². The zero-order valence-electron chi connectivity index (χ0n) is 24.2. The Labute approximate surface area is 236 Å². The highest BCUT2D eigenvalue weighted by Crippen LogP contribution is 2.42. The molecule has 0 saturated carbocycles. The lowest BCUT2D eigenvalue weighted by Gasteiger charge is -2.28. The van der Waals surface area contributed by atoms with Crippen LogP contribution in [0.25, 0.3) is 0 Å². The fourth-order valence-corrected chi connectivity index (χ4v) is 5.82. The second-order valence-corrected chi connectivity index (χ2v) is 10.9. The number of aryl methyl sites for hydroxylation is 2.